The van der Waals surface area contributed by atoms with E-state index >= 15 is 0 Å². The second-order valence-electron chi connectivity index (χ2n) is 7.00. The highest BCUT2D eigenvalue weighted by Gasteiger charge is 2.39. The van der Waals surface area contributed by atoms with Crippen molar-refractivity contribution in [1.82, 2.24) is 9.29 Å². The maximum atomic E-state index is 12.8. The van der Waals surface area contributed by atoms with Crippen molar-refractivity contribution in [3.05, 3.63) is 23.5 Å². The van der Waals surface area contributed by atoms with Crippen LogP contribution >= 0.6 is 0 Å². The summed E-state index contributed by atoms with van der Waals surface area (Å²) in [6.45, 7) is 4.17. The molecule has 2 heterocycles. The minimum atomic E-state index is -3.33. The Labute approximate surface area is 143 Å². The van der Waals surface area contributed by atoms with Gasteiger partial charge in [0.1, 0.15) is 6.04 Å². The number of carbonyl (C=O) groups excluding carboxylic acids is 1. The standard InChI is InChI=1S/C17H25N3O3S/c1-12(2)16(20-8-5-9-24(20,22)23)17(21)19-14-10-13-6-3-4-7-15(13)18-11-14/h10-12,16H,3-9H2,1-2H3,(H,19,21)/t16-/m0/s1. The molecule has 0 aromatic carbocycles. The van der Waals surface area contributed by atoms with E-state index in [9.17, 15) is 13.2 Å². The Morgan fingerprint density at radius 2 is 2.00 bits per heavy atom. The van der Waals surface area contributed by atoms with Crippen LogP contribution in [0.4, 0.5) is 5.69 Å². The summed E-state index contributed by atoms with van der Waals surface area (Å²) in [5, 5.41) is 2.88. The predicted octanol–water partition coefficient (Wildman–Crippen LogP) is 1.96. The zero-order chi connectivity index (χ0) is 17.3. The molecule has 0 bridgehead atoms. The van der Waals surface area contributed by atoms with Gasteiger partial charge in [0.15, 0.2) is 0 Å². The first kappa shape index (κ1) is 17.4. The molecular weight excluding hydrogens is 326 g/mol. The van der Waals surface area contributed by atoms with Gasteiger partial charge in [-0.05, 0) is 49.7 Å². The average Bonchev–Trinajstić information content (AvgIpc) is 2.86. The Hall–Kier alpha value is -1.47. The van der Waals surface area contributed by atoms with E-state index in [1.165, 1.54) is 9.87 Å². The molecule has 6 nitrogen and oxygen atoms in total. The largest absolute Gasteiger partial charge is 0.323 e. The number of amides is 1. The molecule has 0 saturated carbocycles. The van der Waals surface area contributed by atoms with E-state index in [-0.39, 0.29) is 17.6 Å². The average molecular weight is 351 g/mol. The van der Waals surface area contributed by atoms with Gasteiger partial charge in [0.25, 0.3) is 0 Å². The van der Waals surface area contributed by atoms with Crippen LogP contribution in [0.5, 0.6) is 0 Å². The molecule has 1 aromatic heterocycles. The van der Waals surface area contributed by atoms with Crippen molar-refractivity contribution in [3.8, 4) is 0 Å². The number of nitrogens with one attached hydrogen (secondary N) is 1. The number of sulfonamides is 1. The van der Waals surface area contributed by atoms with Crippen molar-refractivity contribution in [2.24, 2.45) is 5.92 Å². The number of pyridine rings is 1. The molecule has 0 spiro atoms. The molecule has 132 valence electrons. The van der Waals surface area contributed by atoms with Gasteiger partial charge < -0.3 is 5.32 Å². The van der Waals surface area contributed by atoms with E-state index in [2.05, 4.69) is 10.3 Å². The molecule has 24 heavy (non-hydrogen) atoms. The van der Waals surface area contributed by atoms with Crippen LogP contribution in [0.15, 0.2) is 12.3 Å². The molecule has 0 radical (unpaired) electrons. The van der Waals surface area contributed by atoms with Crippen LogP contribution in [0.1, 0.15) is 44.4 Å². The van der Waals surface area contributed by atoms with Crippen molar-refractivity contribution in [2.45, 2.75) is 52.0 Å². The maximum Gasteiger partial charge on any atom is 0.243 e. The van der Waals surface area contributed by atoms with Crippen LogP contribution in [-0.4, -0.2) is 42.0 Å². The van der Waals surface area contributed by atoms with Gasteiger partial charge in [-0.15, -0.1) is 0 Å². The van der Waals surface area contributed by atoms with Gasteiger partial charge in [-0.3, -0.25) is 9.78 Å². The van der Waals surface area contributed by atoms with Crippen LogP contribution in [0.2, 0.25) is 0 Å². The molecule has 1 saturated heterocycles. The Kier molecular flexibility index (Phi) is 4.92. The minimum absolute atomic E-state index is 0.0940. The number of aryl methyl sites for hydroxylation is 2. The van der Waals surface area contributed by atoms with Crippen LogP contribution in [0.3, 0.4) is 0 Å². The highest BCUT2D eigenvalue weighted by atomic mass is 32.2. The lowest BCUT2D eigenvalue weighted by Gasteiger charge is -2.28. The molecule has 1 aliphatic carbocycles. The highest BCUT2D eigenvalue weighted by Crippen LogP contribution is 2.25. The number of nitrogens with zero attached hydrogens (tertiary/aromatic N) is 2. The van der Waals surface area contributed by atoms with Gasteiger partial charge in [-0.25, -0.2) is 8.42 Å². The van der Waals surface area contributed by atoms with Gasteiger partial charge in [-0.2, -0.15) is 4.31 Å². The van der Waals surface area contributed by atoms with Crippen LogP contribution in [0, 0.1) is 5.92 Å². The minimum Gasteiger partial charge on any atom is -0.323 e. The number of hydrogen-bond donors (Lipinski definition) is 1. The number of carbonyl (C=O) groups is 1. The van der Waals surface area contributed by atoms with E-state index in [1.54, 1.807) is 6.20 Å². The number of fused-ring (bicyclic) bond motifs is 1. The first-order valence-corrected chi connectivity index (χ1v) is 10.3. The van der Waals surface area contributed by atoms with Crippen molar-refractivity contribution < 1.29 is 13.2 Å². The highest BCUT2D eigenvalue weighted by molar-refractivity contribution is 7.89. The summed E-state index contributed by atoms with van der Waals surface area (Å²) in [5.41, 5.74) is 2.96. The number of aromatic nitrogens is 1. The molecule has 1 atom stereocenters. The molecule has 0 unspecified atom stereocenters. The SMILES string of the molecule is CC(C)[C@@H](C(=O)Nc1cnc2c(c1)CCCC2)N1CCCS1(=O)=O. The van der Waals surface area contributed by atoms with Crippen molar-refractivity contribution in [3.63, 3.8) is 0 Å². The third kappa shape index (κ3) is 3.47. The topological polar surface area (TPSA) is 79.4 Å². The van der Waals surface area contributed by atoms with Gasteiger partial charge in [0, 0.05) is 12.2 Å². The van der Waals surface area contributed by atoms with E-state index in [0.717, 1.165) is 31.4 Å². The first-order chi connectivity index (χ1) is 11.4. The van der Waals surface area contributed by atoms with Gasteiger partial charge >= 0.3 is 0 Å². The predicted molar refractivity (Wildman–Crippen MR) is 93.2 cm³/mol. The molecule has 1 aliphatic heterocycles. The van der Waals surface area contributed by atoms with E-state index in [0.29, 0.717) is 18.7 Å². The molecule has 1 N–H and O–H groups in total. The lowest BCUT2D eigenvalue weighted by Crippen LogP contribution is -2.48. The van der Waals surface area contributed by atoms with E-state index in [1.807, 2.05) is 19.9 Å². The fourth-order valence-corrected chi connectivity index (χ4v) is 5.43. The quantitative estimate of drug-likeness (QED) is 0.899. The monoisotopic (exact) mass is 351 g/mol. The normalized spacial score (nSPS) is 21.5. The summed E-state index contributed by atoms with van der Waals surface area (Å²) in [4.78, 5) is 17.2. The summed E-state index contributed by atoms with van der Waals surface area (Å²) >= 11 is 0. The van der Waals surface area contributed by atoms with Crippen molar-refractivity contribution >= 4 is 21.6 Å². The summed E-state index contributed by atoms with van der Waals surface area (Å²) < 4.78 is 25.7. The third-order valence-electron chi connectivity index (χ3n) is 4.79. The van der Waals surface area contributed by atoms with Crippen molar-refractivity contribution in [2.75, 3.05) is 17.6 Å². The number of hydrogen-bond acceptors (Lipinski definition) is 4. The summed E-state index contributed by atoms with van der Waals surface area (Å²) in [6.07, 6.45) is 6.54. The smallest absolute Gasteiger partial charge is 0.243 e. The Balaban J connectivity index is 1.79. The molecule has 2 aliphatic rings. The fraction of sp³-hybridized carbons (Fsp3) is 0.647. The van der Waals surface area contributed by atoms with Gasteiger partial charge in [0.05, 0.1) is 17.6 Å². The molecule has 1 aromatic rings. The molecule has 1 amide bonds. The third-order valence-corrected chi connectivity index (χ3v) is 6.71. The Morgan fingerprint density at radius 1 is 1.25 bits per heavy atom. The molecule has 7 heteroatoms. The Bertz CT molecular complexity index is 731. The zero-order valence-electron chi connectivity index (χ0n) is 14.3. The second-order valence-corrected chi connectivity index (χ2v) is 9.04. The summed E-state index contributed by atoms with van der Waals surface area (Å²) in [6, 6.07) is 1.31. The Morgan fingerprint density at radius 3 is 2.67 bits per heavy atom. The first-order valence-electron chi connectivity index (χ1n) is 8.66. The van der Waals surface area contributed by atoms with Gasteiger partial charge in [-0.1, -0.05) is 13.8 Å². The lowest BCUT2D eigenvalue weighted by molar-refractivity contribution is -0.120. The second kappa shape index (κ2) is 6.80. The van der Waals surface area contributed by atoms with Crippen LogP contribution < -0.4 is 5.32 Å². The number of rotatable bonds is 4. The maximum absolute atomic E-state index is 12.8. The van der Waals surface area contributed by atoms with E-state index < -0.39 is 16.1 Å². The number of anilines is 1. The lowest BCUT2D eigenvalue weighted by atomic mass is 9.96. The fourth-order valence-electron chi connectivity index (χ4n) is 3.61. The molecule has 3 rings (SSSR count). The zero-order valence-corrected chi connectivity index (χ0v) is 15.1. The van der Waals surface area contributed by atoms with Crippen LogP contribution in [-0.2, 0) is 27.7 Å². The van der Waals surface area contributed by atoms with E-state index in [4.69, 9.17) is 0 Å². The van der Waals surface area contributed by atoms with Crippen LogP contribution in [0.25, 0.3) is 0 Å². The molecule has 1 fully saturated rings. The van der Waals surface area contributed by atoms with Gasteiger partial charge in [0.2, 0.25) is 15.9 Å². The summed E-state index contributed by atoms with van der Waals surface area (Å²) in [5.74, 6) is -0.235. The summed E-state index contributed by atoms with van der Waals surface area (Å²) in [7, 11) is -3.33. The molecular formula is C17H25N3O3S. The van der Waals surface area contributed by atoms with Crippen molar-refractivity contribution in [1.29, 1.82) is 0 Å².